The lowest BCUT2D eigenvalue weighted by molar-refractivity contribution is -0.497. The van der Waals surface area contributed by atoms with Crippen LogP contribution < -0.4 is 15.0 Å². The van der Waals surface area contributed by atoms with Crippen molar-refractivity contribution in [1.29, 1.82) is 0 Å². The van der Waals surface area contributed by atoms with Gasteiger partial charge in [0.2, 0.25) is 0 Å². The molecule has 2 heterocycles. The highest BCUT2D eigenvalue weighted by Crippen LogP contribution is 2.40. The third kappa shape index (κ3) is 5.27. The number of quaternary nitrogens is 1. The molecular formula is C27H26ClN3O6. The molecule has 1 aliphatic rings. The lowest BCUT2D eigenvalue weighted by Crippen LogP contribution is -2.70. The Kier molecular flexibility index (Phi) is 7.31. The number of hydrogen-bond acceptors (Lipinski definition) is 6. The van der Waals surface area contributed by atoms with Gasteiger partial charge in [0.1, 0.15) is 35.9 Å². The quantitative estimate of drug-likeness (QED) is 0.217. The Morgan fingerprint density at radius 2 is 1.86 bits per heavy atom. The second-order valence-corrected chi connectivity index (χ2v) is 9.26. The summed E-state index contributed by atoms with van der Waals surface area (Å²) in [7, 11) is 0. The number of aliphatic hydroxyl groups excluding tert-OH is 2. The van der Waals surface area contributed by atoms with Gasteiger partial charge in [-0.25, -0.2) is 4.79 Å². The number of aromatic amines is 1. The van der Waals surface area contributed by atoms with E-state index in [2.05, 4.69) is 4.98 Å². The Bertz CT molecular complexity index is 1390. The molecule has 5 N–H and O–H groups in total. The Balaban J connectivity index is 1.48. The fourth-order valence-electron chi connectivity index (χ4n) is 4.57. The molecule has 0 spiro atoms. The van der Waals surface area contributed by atoms with Crippen LogP contribution in [-0.4, -0.2) is 52.1 Å². The van der Waals surface area contributed by atoms with Crippen molar-refractivity contribution in [2.24, 2.45) is 0 Å². The van der Waals surface area contributed by atoms with Gasteiger partial charge in [0.25, 0.3) is 0 Å². The molecule has 0 radical (unpaired) electrons. The van der Waals surface area contributed by atoms with Crippen molar-refractivity contribution in [2.45, 2.75) is 18.6 Å². The number of carbonyl (C=O) groups is 1. The van der Waals surface area contributed by atoms with Crippen molar-refractivity contribution in [3.05, 3.63) is 93.8 Å². The van der Waals surface area contributed by atoms with E-state index in [1.165, 1.54) is 0 Å². The highest BCUT2D eigenvalue weighted by molar-refractivity contribution is 6.31. The molecule has 10 heteroatoms. The number of fused-ring (bicyclic) bond motifs is 3. The number of nitrogens with two attached hydrogens (primary N) is 1. The summed E-state index contributed by atoms with van der Waals surface area (Å²) in [5, 5.41) is 31.2. The summed E-state index contributed by atoms with van der Waals surface area (Å²) >= 11 is 6.27. The first-order valence-electron chi connectivity index (χ1n) is 11.8. The van der Waals surface area contributed by atoms with E-state index in [-0.39, 0.29) is 13.2 Å². The molecular weight excluding hydrogens is 498 g/mol. The Morgan fingerprint density at radius 3 is 2.57 bits per heavy atom. The smallest absolute Gasteiger partial charge is 0.416 e. The normalized spacial score (nSPS) is 15.9. The predicted octanol–water partition coefficient (Wildman–Crippen LogP) is 3.39. The number of rotatable bonds is 7. The van der Waals surface area contributed by atoms with Gasteiger partial charge in [0.15, 0.2) is 0 Å². The van der Waals surface area contributed by atoms with E-state index in [1.54, 1.807) is 41.3 Å². The molecule has 0 saturated heterocycles. The molecule has 2 atom stereocenters. The second kappa shape index (κ2) is 10.8. The number of amides is 1. The number of ether oxygens (including phenoxy) is 2. The van der Waals surface area contributed by atoms with Gasteiger partial charge in [0.05, 0.1) is 6.61 Å². The predicted molar refractivity (Wildman–Crippen MR) is 138 cm³/mol. The van der Waals surface area contributed by atoms with E-state index >= 15 is 0 Å². The van der Waals surface area contributed by atoms with Gasteiger partial charge in [-0.1, -0.05) is 23.7 Å². The van der Waals surface area contributed by atoms with Crippen LogP contribution in [0.25, 0.3) is 10.9 Å². The summed E-state index contributed by atoms with van der Waals surface area (Å²) in [6, 6.07) is 18.8. The zero-order valence-electron chi connectivity index (χ0n) is 19.8. The van der Waals surface area contributed by atoms with Crippen LogP contribution in [0.3, 0.4) is 0 Å². The molecule has 0 fully saturated rings. The number of halogens is 1. The number of H-pyrrole nitrogens is 1. The molecule has 37 heavy (non-hydrogen) atoms. The highest BCUT2D eigenvalue weighted by Gasteiger charge is 2.35. The summed E-state index contributed by atoms with van der Waals surface area (Å²) in [6.07, 6.45) is -0.867. The Labute approximate surface area is 217 Å². The number of hydrogen-bond donors (Lipinski definition) is 4. The van der Waals surface area contributed by atoms with Gasteiger partial charge in [-0.3, -0.25) is 4.90 Å². The largest absolute Gasteiger partial charge is 0.630 e. The van der Waals surface area contributed by atoms with E-state index in [1.807, 2.05) is 30.3 Å². The first-order valence-corrected chi connectivity index (χ1v) is 12.2. The van der Waals surface area contributed by atoms with Gasteiger partial charge in [-0.05, 0) is 60.0 Å². The van der Waals surface area contributed by atoms with E-state index in [4.69, 9.17) is 26.2 Å². The lowest BCUT2D eigenvalue weighted by atomic mass is 9.92. The number of carbonyl (C=O) groups excluding carboxylic acids is 1. The Hall–Kier alpha value is -3.60. The number of benzene rings is 3. The number of aromatic nitrogens is 1. The molecule has 1 amide bonds. The van der Waals surface area contributed by atoms with Crippen LogP contribution in [0.15, 0.2) is 66.7 Å². The molecule has 9 nitrogen and oxygen atoms in total. The molecule has 4 aromatic rings. The van der Waals surface area contributed by atoms with Crippen molar-refractivity contribution in [2.75, 3.05) is 19.8 Å². The van der Waals surface area contributed by atoms with Crippen LogP contribution in [0.5, 0.6) is 11.5 Å². The molecule has 0 bridgehead atoms. The molecule has 3 aromatic carbocycles. The molecule has 2 unspecified atom stereocenters. The summed E-state index contributed by atoms with van der Waals surface area (Å²) in [5.41, 5.74) is 4.95. The summed E-state index contributed by atoms with van der Waals surface area (Å²) in [5.74, 6) is 0.870. The minimum Gasteiger partial charge on any atom is -0.630 e. The first kappa shape index (κ1) is 25.1. The summed E-state index contributed by atoms with van der Waals surface area (Å²) in [4.78, 5) is 18.5. The van der Waals surface area contributed by atoms with Crippen LogP contribution in [0, 0.1) is 5.21 Å². The molecule has 5 rings (SSSR count). The topological polar surface area (TPSA) is 135 Å². The van der Waals surface area contributed by atoms with Crippen LogP contribution in [0.1, 0.15) is 22.9 Å². The minimum absolute atomic E-state index is 0.0342. The third-order valence-electron chi connectivity index (χ3n) is 6.39. The molecule has 192 valence electrons. The van der Waals surface area contributed by atoms with E-state index in [9.17, 15) is 15.1 Å². The molecule has 0 saturated carbocycles. The van der Waals surface area contributed by atoms with Crippen LogP contribution in [-0.2, 0) is 6.42 Å². The zero-order chi connectivity index (χ0) is 25.9. The molecule has 1 aromatic heterocycles. The number of aliphatic hydroxyl groups is 2. The standard InChI is InChI=1S/C27H26ClN3O6/c28-17-3-10-24-23(13-17)22-11-12-31(27(34)37-21-8-4-18(30-35)5-9-21)26(25(22)29-24)16-1-6-20(7-2-16)36-15-19(33)14-32/h1-10,13,19,26,29,32-33H,11-12,14-15,30H2. The maximum Gasteiger partial charge on any atom is 0.416 e. The minimum atomic E-state index is -0.968. The van der Waals surface area contributed by atoms with E-state index in [0.717, 1.165) is 33.2 Å². The van der Waals surface area contributed by atoms with Crippen molar-refractivity contribution >= 4 is 34.3 Å². The maximum atomic E-state index is 13.4. The van der Waals surface area contributed by atoms with E-state index in [0.29, 0.717) is 35.2 Å². The van der Waals surface area contributed by atoms with Crippen molar-refractivity contribution in [1.82, 2.24) is 9.88 Å². The fraction of sp³-hybridized carbons (Fsp3) is 0.222. The van der Waals surface area contributed by atoms with Crippen LogP contribution in [0.2, 0.25) is 5.02 Å². The first-order chi connectivity index (χ1) is 18.0. The van der Waals surface area contributed by atoms with Crippen molar-refractivity contribution < 1.29 is 30.0 Å². The number of nitrogens with one attached hydrogen (secondary N) is 1. The van der Waals surface area contributed by atoms with Crippen LogP contribution >= 0.6 is 11.6 Å². The monoisotopic (exact) mass is 523 g/mol. The fourth-order valence-corrected chi connectivity index (χ4v) is 4.74. The SMILES string of the molecule is O=C(Oc1ccc([NH2+][O-])cc1)N1CCc2c([nH]c3ccc(Cl)cc23)C1c1ccc(OCC(O)CO)cc1. The number of nitrogens with zero attached hydrogens (tertiary/aromatic N) is 1. The highest BCUT2D eigenvalue weighted by atomic mass is 35.5. The van der Waals surface area contributed by atoms with Gasteiger partial charge in [0, 0.05) is 40.3 Å². The van der Waals surface area contributed by atoms with Crippen molar-refractivity contribution in [3.8, 4) is 11.5 Å². The molecule has 0 aliphatic carbocycles. The zero-order valence-corrected chi connectivity index (χ0v) is 20.5. The molecule has 1 aliphatic heterocycles. The van der Waals surface area contributed by atoms with Gasteiger partial charge >= 0.3 is 6.09 Å². The van der Waals surface area contributed by atoms with Gasteiger partial charge < -0.3 is 35.4 Å². The summed E-state index contributed by atoms with van der Waals surface area (Å²) < 4.78 is 11.2. The second-order valence-electron chi connectivity index (χ2n) is 8.82. The summed E-state index contributed by atoms with van der Waals surface area (Å²) in [6.45, 7) is -0.000839. The third-order valence-corrected chi connectivity index (χ3v) is 6.63. The van der Waals surface area contributed by atoms with E-state index < -0.39 is 18.2 Å². The Morgan fingerprint density at radius 1 is 1.14 bits per heavy atom. The van der Waals surface area contributed by atoms with Crippen LogP contribution in [0.4, 0.5) is 10.5 Å². The van der Waals surface area contributed by atoms with Crippen molar-refractivity contribution in [3.63, 3.8) is 0 Å². The van der Waals surface area contributed by atoms with Gasteiger partial charge in [-0.2, -0.15) is 0 Å². The van der Waals surface area contributed by atoms with Gasteiger partial charge in [-0.15, -0.1) is 0 Å². The average molecular weight is 524 g/mol. The lowest BCUT2D eigenvalue weighted by Gasteiger charge is -2.35. The average Bonchev–Trinajstić information content (AvgIpc) is 3.29. The maximum absolute atomic E-state index is 13.4.